The zero-order valence-electron chi connectivity index (χ0n) is 15.3. The number of pyridine rings is 1. The number of amides is 1. The summed E-state index contributed by atoms with van der Waals surface area (Å²) in [6.45, 7) is 0. The molecular weight excluding hydrogens is 413 g/mol. The van der Waals surface area contributed by atoms with Gasteiger partial charge in [0.15, 0.2) is 0 Å². The molecule has 4 rings (SSSR count). The predicted octanol–water partition coefficient (Wildman–Crippen LogP) is 2.33. The fraction of sp³-hybridized carbons (Fsp3) is 0.0952. The normalized spacial score (nSPS) is 11.3. The molecule has 0 aliphatic carbocycles. The number of hydrogen-bond donors (Lipinski definition) is 2. The number of carbonyl (C=O) groups excluding carboxylic acids is 1. The van der Waals surface area contributed by atoms with Gasteiger partial charge >= 0.3 is 169 Å². The Morgan fingerprint density at radius 2 is 2.04 bits per heavy atom. The maximum atomic E-state index is 12.9. The number of nitrogen functional groups attached to an aromatic ring is 1. The Hall–Kier alpha value is -3.11. The van der Waals surface area contributed by atoms with E-state index < -0.39 is 0 Å². The van der Waals surface area contributed by atoms with E-state index in [0.29, 0.717) is 11.4 Å². The van der Waals surface area contributed by atoms with Gasteiger partial charge in [-0.2, -0.15) is 0 Å². The van der Waals surface area contributed by atoms with E-state index in [-0.39, 0.29) is 21.7 Å². The van der Waals surface area contributed by atoms with Crippen LogP contribution in [0.15, 0.2) is 67.0 Å². The van der Waals surface area contributed by atoms with Crippen LogP contribution < -0.4 is 15.4 Å². The molecule has 3 N–H and O–H groups in total. The Balaban J connectivity index is 1.52. The van der Waals surface area contributed by atoms with Gasteiger partial charge in [0.25, 0.3) is 0 Å². The molecule has 0 unspecified atom stereocenters. The first kappa shape index (κ1) is 18.3. The number of rotatable bonds is 5. The summed E-state index contributed by atoms with van der Waals surface area (Å²) in [6.07, 6.45) is 3.67. The zero-order chi connectivity index (χ0) is 19.5. The van der Waals surface area contributed by atoms with Gasteiger partial charge in [-0.05, 0) is 0 Å². The number of benzene rings is 2. The van der Waals surface area contributed by atoms with Gasteiger partial charge in [0.1, 0.15) is 0 Å². The molecule has 6 nitrogen and oxygen atoms in total. The molecule has 2 aromatic carbocycles. The van der Waals surface area contributed by atoms with E-state index in [1.54, 1.807) is 10.9 Å². The van der Waals surface area contributed by atoms with Crippen LogP contribution in [0.2, 0.25) is 0 Å². The molecule has 2 aromatic heterocycles. The average Bonchev–Trinajstić information content (AvgIpc) is 3.06. The third-order valence-corrected chi connectivity index (χ3v) is 6.94. The molecule has 0 saturated heterocycles. The van der Waals surface area contributed by atoms with Gasteiger partial charge < -0.3 is 0 Å². The quantitative estimate of drug-likeness (QED) is 0.474. The topological polar surface area (TPSA) is 85.8 Å². The van der Waals surface area contributed by atoms with Crippen LogP contribution in [-0.2, 0) is 12.3 Å². The third-order valence-electron chi connectivity index (χ3n) is 4.31. The first-order valence-corrected chi connectivity index (χ1v) is 11.1. The molecule has 7 heteroatoms. The number of fused-ring (bicyclic) bond motifs is 1. The predicted molar refractivity (Wildman–Crippen MR) is 113 cm³/mol. The molecule has 28 heavy (non-hydrogen) atoms. The molecule has 0 aliphatic rings. The Kier molecular flexibility index (Phi) is 5.13. The van der Waals surface area contributed by atoms with E-state index >= 15 is 0 Å². The van der Waals surface area contributed by atoms with Crippen molar-refractivity contribution >= 4 is 48.4 Å². The van der Waals surface area contributed by atoms with Gasteiger partial charge in [0.05, 0.1) is 0 Å². The summed E-state index contributed by atoms with van der Waals surface area (Å²) >= 11 is -0.215. The monoisotopic (exact) mass is 432 g/mol. The van der Waals surface area contributed by atoms with Gasteiger partial charge in [-0.3, -0.25) is 0 Å². The zero-order valence-corrected chi connectivity index (χ0v) is 17.2. The van der Waals surface area contributed by atoms with Gasteiger partial charge in [0, 0.05) is 0 Å². The number of aryl methyl sites for hydroxylation is 1. The summed E-state index contributed by atoms with van der Waals surface area (Å²) in [5, 5.41) is 9.33. The van der Waals surface area contributed by atoms with Gasteiger partial charge in [0.2, 0.25) is 0 Å². The van der Waals surface area contributed by atoms with Crippen molar-refractivity contribution in [3.8, 4) is 0 Å². The summed E-state index contributed by atoms with van der Waals surface area (Å²) in [5.74, 6) is 0.421. The summed E-state index contributed by atoms with van der Waals surface area (Å²) in [7, 11) is 1.88. The van der Waals surface area contributed by atoms with E-state index in [1.807, 2.05) is 67.8 Å². The summed E-state index contributed by atoms with van der Waals surface area (Å²) in [6, 6.07) is 17.4. The Labute approximate surface area is 169 Å². The van der Waals surface area contributed by atoms with Crippen molar-refractivity contribution in [2.75, 3.05) is 11.1 Å². The number of anilines is 2. The van der Waals surface area contributed by atoms with Crippen molar-refractivity contribution in [1.82, 2.24) is 14.8 Å². The van der Waals surface area contributed by atoms with Crippen LogP contribution in [0.4, 0.5) is 11.5 Å². The number of carbonyl (C=O) groups is 1. The van der Waals surface area contributed by atoms with Gasteiger partial charge in [-0.25, -0.2) is 0 Å². The fourth-order valence-electron chi connectivity index (χ4n) is 2.99. The van der Waals surface area contributed by atoms with Crippen LogP contribution in [0, 0.1) is 0 Å². The summed E-state index contributed by atoms with van der Waals surface area (Å²) in [5.41, 5.74) is 9.21. The second-order valence-electron chi connectivity index (χ2n) is 6.45. The average molecular weight is 432 g/mol. The molecule has 139 valence electrons. The number of aromatic nitrogens is 3. The molecule has 0 fully saturated rings. The van der Waals surface area contributed by atoms with Crippen LogP contribution in [0.1, 0.15) is 15.9 Å². The second-order valence-corrected chi connectivity index (χ2v) is 8.79. The molecule has 1 radical (unpaired) electrons. The van der Waals surface area contributed by atoms with Crippen LogP contribution >= 0.6 is 0 Å². The number of nitrogens with one attached hydrogen (secondary N) is 1. The number of nitrogens with zero attached hydrogens (tertiary/aromatic N) is 3. The van der Waals surface area contributed by atoms with Gasteiger partial charge in [-0.15, -0.1) is 0 Å². The van der Waals surface area contributed by atoms with Crippen molar-refractivity contribution in [1.29, 1.82) is 0 Å². The standard InChI is InChI=1S/C21H19AsN5O/c1-27-13-15-6-7-16(11-19(15)26-27)25-21(28)17-4-2-3-5-18(17)22-12-14-8-9-24-20(23)10-14/h2-11,13H,12H2,1H3,(H2,23,24)(H,25,28). The SMILES string of the molecule is Cn1cc2ccc(NC(=O)c3ccccc3[As]Cc3ccnc(N)c3)cc2n1. The van der Waals surface area contributed by atoms with Gasteiger partial charge in [-0.1, -0.05) is 0 Å². The Morgan fingerprint density at radius 1 is 1.18 bits per heavy atom. The van der Waals surface area contributed by atoms with E-state index in [9.17, 15) is 4.79 Å². The Morgan fingerprint density at radius 3 is 2.89 bits per heavy atom. The van der Waals surface area contributed by atoms with Crippen LogP contribution in [0.3, 0.4) is 0 Å². The Bertz CT molecular complexity index is 1150. The van der Waals surface area contributed by atoms with Crippen LogP contribution in [-0.4, -0.2) is 36.4 Å². The second kappa shape index (κ2) is 7.87. The molecule has 1 amide bonds. The molecule has 4 aromatic rings. The molecule has 0 bridgehead atoms. The minimum atomic E-state index is -0.215. The molecule has 0 spiro atoms. The van der Waals surface area contributed by atoms with E-state index in [2.05, 4.69) is 15.4 Å². The number of hydrogen-bond acceptors (Lipinski definition) is 4. The van der Waals surface area contributed by atoms with Crippen molar-refractivity contribution in [3.63, 3.8) is 0 Å². The number of nitrogens with two attached hydrogens (primary N) is 1. The maximum absolute atomic E-state index is 12.9. The summed E-state index contributed by atoms with van der Waals surface area (Å²) < 4.78 is 2.85. The van der Waals surface area contributed by atoms with E-state index in [4.69, 9.17) is 5.73 Å². The van der Waals surface area contributed by atoms with Crippen molar-refractivity contribution < 1.29 is 4.79 Å². The minimum absolute atomic E-state index is 0.101. The molecule has 0 atom stereocenters. The first-order valence-electron chi connectivity index (χ1n) is 8.80. The van der Waals surface area contributed by atoms with Crippen LogP contribution in [0.25, 0.3) is 10.9 Å². The first-order chi connectivity index (χ1) is 13.6. The molecular formula is C21H19AsN5O. The van der Waals surface area contributed by atoms with Crippen LogP contribution in [0.5, 0.6) is 0 Å². The molecule has 2 heterocycles. The summed E-state index contributed by atoms with van der Waals surface area (Å²) in [4.78, 5) is 16.9. The van der Waals surface area contributed by atoms with Crippen molar-refractivity contribution in [2.45, 2.75) is 5.21 Å². The molecule has 0 saturated carbocycles. The van der Waals surface area contributed by atoms with E-state index in [1.165, 1.54) is 0 Å². The van der Waals surface area contributed by atoms with Crippen molar-refractivity contribution in [2.24, 2.45) is 7.05 Å². The molecule has 0 aliphatic heterocycles. The fourth-order valence-corrected chi connectivity index (χ4v) is 5.27. The van der Waals surface area contributed by atoms with Crippen molar-refractivity contribution in [3.05, 3.63) is 78.1 Å². The third kappa shape index (κ3) is 4.07. The van der Waals surface area contributed by atoms with E-state index in [0.717, 1.165) is 31.7 Å².